The van der Waals surface area contributed by atoms with Crippen LogP contribution < -0.4 is 0 Å². The molecule has 15 N–H and O–H groups in total. The molecule has 15 rings (SSSR count). The summed E-state index contributed by atoms with van der Waals surface area (Å²) in [5, 5.41) is 153. The van der Waals surface area contributed by atoms with Gasteiger partial charge in [-0.05, 0) is 229 Å². The van der Waals surface area contributed by atoms with Crippen LogP contribution in [0, 0.1) is 62.3 Å². The Kier molecular flexibility index (Phi) is 30.4. The molecule has 0 aliphatic carbocycles. The van der Waals surface area contributed by atoms with Crippen molar-refractivity contribution in [2.45, 2.75) is 101 Å². The Morgan fingerprint density at radius 2 is 0.412 bits per heavy atom. The number of phenolic OH excluding ortho intramolecular Hbond substituents is 11. The monoisotopic (exact) mass is 1530 g/mol. The lowest BCUT2D eigenvalue weighted by atomic mass is 9.87. The van der Waals surface area contributed by atoms with Crippen molar-refractivity contribution < 1.29 is 76.6 Å². The highest BCUT2D eigenvalue weighted by Gasteiger charge is 2.20. The van der Waals surface area contributed by atoms with Crippen molar-refractivity contribution in [1.29, 1.82) is 0 Å². The lowest BCUT2D eigenvalue weighted by Gasteiger charge is -2.16. The molecule has 0 saturated carbocycles. The molecule has 0 fully saturated rings. The van der Waals surface area contributed by atoms with Crippen LogP contribution in [0.4, 0.5) is 0 Å². The lowest BCUT2D eigenvalue weighted by Crippen LogP contribution is -1.98. The van der Waals surface area contributed by atoms with Crippen LogP contribution in [-0.2, 0) is 38.5 Å². The molecule has 0 unspecified atom stereocenters. The highest BCUT2D eigenvalue weighted by molar-refractivity contribution is 6.39. The van der Waals surface area contributed by atoms with E-state index in [1.165, 1.54) is 78.1 Å². The Hall–Kier alpha value is -12.8. The highest BCUT2D eigenvalue weighted by Crippen LogP contribution is 2.45. The number of benzene rings is 15. The molecule has 0 atom stereocenters. The van der Waals surface area contributed by atoms with Gasteiger partial charge in [-0.3, -0.25) is 0 Å². The molecule has 15 heteroatoms. The minimum Gasteiger partial charge on any atom is -0.508 e. The van der Waals surface area contributed by atoms with Crippen molar-refractivity contribution in [1.82, 2.24) is 0 Å². The van der Waals surface area contributed by atoms with Gasteiger partial charge in [0.2, 0.25) is 0 Å². The van der Waals surface area contributed by atoms with Crippen molar-refractivity contribution in [3.05, 3.63) is 347 Å². The van der Waals surface area contributed by atoms with E-state index in [2.05, 4.69) is 97.1 Å². The van der Waals surface area contributed by atoms with E-state index in [-0.39, 0.29) is 46.0 Å². The van der Waals surface area contributed by atoms with E-state index >= 15 is 0 Å². The first-order valence-corrected chi connectivity index (χ1v) is 37.3. The SMILES string of the molecule is CO.CO.CO.CO.Cc1cc(Cc2cc(C)c(O)c(C)c2)c(O)c(Cc2cc(C)c(O)c(C)c2)c1.Cc1cc(Cc2ccc(O)cc2O)c(O)c(Cc2ccc(O)cc2O)c1.Cc1ccc(O)c(Cc2cc(C)cc(Cc3cc(C)ccc3O)c2O)c1.c1ccc2c(c1)c1ccccc1c1c3ccccc3c3ccccc3c21. The topological polar surface area (TPSA) is 303 Å². The van der Waals surface area contributed by atoms with Crippen LogP contribution in [0.3, 0.4) is 0 Å². The Labute approximate surface area is 666 Å². The zero-order valence-corrected chi connectivity index (χ0v) is 66.9. The van der Waals surface area contributed by atoms with E-state index in [1.54, 1.807) is 24.3 Å². The van der Waals surface area contributed by atoms with Crippen molar-refractivity contribution >= 4 is 53.9 Å². The standard InChI is InChI=1S/C26H16.C25H28O3.C23H24O3.C21H20O5.4CH4O/c1-5-13-21-17(9-1)18-10-2-6-14-22(18)26-24-16-8-4-12-20(24)19-11-3-7-15-23(19)25(21)26;1-14-6-21(12-19-8-15(2)23(26)16(3)9-19)25(28)22(7-14)13-20-10-17(4)24(27)18(5)11-20;1-14-4-6-21(24)17(8-14)12-19-10-16(3)11-20(23(19)26)13-18-9-15(2)5-7-22(18)25;1-12-6-15(8-13-2-4-17(22)10-19(13)24)21(26)16(7-12)9-14-3-5-18(23)11-20(14)25;4*1-2/h1-16H;6-11,26-28H,12-13H2,1-5H3;4-11,24-26H,12-13H2,1-3H3;2-7,10-11,22-26H,8-9H2,1H3;4*2H,1H3. The summed E-state index contributed by atoms with van der Waals surface area (Å²) in [4.78, 5) is 0. The molecule has 590 valence electrons. The fourth-order valence-electron chi connectivity index (χ4n) is 14.9. The fraction of sp³-hybridized carbons (Fsp3) is 0.192. The second-order valence-electron chi connectivity index (χ2n) is 28.3. The molecule has 15 nitrogen and oxygen atoms in total. The predicted octanol–water partition coefficient (Wildman–Crippen LogP) is 20.0. The van der Waals surface area contributed by atoms with Gasteiger partial charge in [0.15, 0.2) is 0 Å². The van der Waals surface area contributed by atoms with E-state index < -0.39 is 0 Å². The summed E-state index contributed by atoms with van der Waals surface area (Å²) >= 11 is 0. The number of aromatic hydroxyl groups is 11. The number of hydrogen-bond donors (Lipinski definition) is 15. The zero-order chi connectivity index (χ0) is 83.4. The molecule has 0 amide bonds. The Balaban J connectivity index is 0.000000185. The number of phenols is 11. The largest absolute Gasteiger partial charge is 0.508 e. The second kappa shape index (κ2) is 39.9. The summed E-state index contributed by atoms with van der Waals surface area (Å²) in [5.41, 5.74) is 18.0. The summed E-state index contributed by atoms with van der Waals surface area (Å²) in [5.74, 6) is 1.62. The molecule has 15 aromatic carbocycles. The maximum absolute atomic E-state index is 10.9. The van der Waals surface area contributed by atoms with E-state index in [4.69, 9.17) is 20.4 Å². The van der Waals surface area contributed by atoms with Crippen LogP contribution in [0.5, 0.6) is 63.2 Å². The van der Waals surface area contributed by atoms with Gasteiger partial charge in [-0.15, -0.1) is 0 Å². The van der Waals surface area contributed by atoms with Crippen molar-refractivity contribution in [2.24, 2.45) is 0 Å². The number of aliphatic hydroxyl groups is 4. The van der Waals surface area contributed by atoms with Gasteiger partial charge in [-0.1, -0.05) is 222 Å². The summed E-state index contributed by atoms with van der Waals surface area (Å²) < 4.78 is 0. The zero-order valence-electron chi connectivity index (χ0n) is 66.9. The molecular formula is C99H104O15. The first kappa shape index (κ1) is 86.8. The first-order chi connectivity index (χ1) is 54.7. The summed E-state index contributed by atoms with van der Waals surface area (Å²) in [7, 11) is 4.00. The molecule has 114 heavy (non-hydrogen) atoms. The van der Waals surface area contributed by atoms with Gasteiger partial charge in [-0.25, -0.2) is 0 Å². The van der Waals surface area contributed by atoms with Crippen LogP contribution in [0.15, 0.2) is 231 Å². The number of fused-ring (bicyclic) bond motifs is 11. The molecule has 0 aliphatic heterocycles. The van der Waals surface area contributed by atoms with Crippen LogP contribution in [0.25, 0.3) is 53.9 Å². The van der Waals surface area contributed by atoms with E-state index in [9.17, 15) is 56.2 Å². The molecule has 0 aliphatic rings. The fourth-order valence-corrected chi connectivity index (χ4v) is 14.9. The quantitative estimate of drug-likeness (QED) is 0.0506. The van der Waals surface area contributed by atoms with Gasteiger partial charge in [0.25, 0.3) is 0 Å². The molecule has 0 bridgehead atoms. The third kappa shape index (κ3) is 20.7. The maximum atomic E-state index is 10.9. The van der Waals surface area contributed by atoms with Crippen LogP contribution in [-0.4, -0.2) is 105 Å². The van der Waals surface area contributed by atoms with Gasteiger partial charge in [0, 0.05) is 79.1 Å². The van der Waals surface area contributed by atoms with Crippen LogP contribution in [0.1, 0.15) is 117 Å². The van der Waals surface area contributed by atoms with Crippen LogP contribution >= 0.6 is 0 Å². The van der Waals surface area contributed by atoms with Gasteiger partial charge in [0.1, 0.15) is 63.2 Å². The average Bonchev–Trinajstić information content (AvgIpc) is 0.710. The third-order valence-corrected chi connectivity index (χ3v) is 19.9. The Morgan fingerprint density at radius 1 is 0.184 bits per heavy atom. The third-order valence-electron chi connectivity index (χ3n) is 19.9. The second-order valence-corrected chi connectivity index (χ2v) is 28.3. The minimum absolute atomic E-state index is 0.0248. The molecule has 0 aromatic heterocycles. The van der Waals surface area contributed by atoms with Crippen LogP contribution in [0.2, 0.25) is 0 Å². The smallest absolute Gasteiger partial charge is 0.122 e. The van der Waals surface area contributed by atoms with Gasteiger partial charge >= 0.3 is 0 Å². The number of aryl methyl sites for hydroxylation is 9. The predicted molar refractivity (Wildman–Crippen MR) is 462 cm³/mol. The lowest BCUT2D eigenvalue weighted by molar-refractivity contribution is 0.399. The average molecular weight is 1530 g/mol. The first-order valence-electron chi connectivity index (χ1n) is 37.3. The van der Waals surface area contributed by atoms with E-state index in [0.29, 0.717) is 78.0 Å². The minimum atomic E-state index is -0.0383. The Morgan fingerprint density at radius 3 is 0.667 bits per heavy atom. The van der Waals surface area contributed by atoms with E-state index in [0.717, 1.165) is 123 Å². The van der Waals surface area contributed by atoms with Crippen molar-refractivity contribution in [3.63, 3.8) is 0 Å². The molecule has 0 heterocycles. The number of aliphatic hydroxyl groups excluding tert-OH is 4. The van der Waals surface area contributed by atoms with Crippen molar-refractivity contribution in [2.75, 3.05) is 28.4 Å². The maximum Gasteiger partial charge on any atom is 0.122 e. The summed E-state index contributed by atoms with van der Waals surface area (Å²) in [6.07, 6.45) is 2.72. The van der Waals surface area contributed by atoms with Gasteiger partial charge < -0.3 is 76.6 Å². The Bertz CT molecular complexity index is 5380. The summed E-state index contributed by atoms with van der Waals surface area (Å²) in [6, 6.07) is 74.4. The van der Waals surface area contributed by atoms with Gasteiger partial charge in [-0.2, -0.15) is 0 Å². The van der Waals surface area contributed by atoms with E-state index in [1.807, 2.05) is 147 Å². The number of rotatable bonds is 12. The highest BCUT2D eigenvalue weighted by atomic mass is 16.3. The van der Waals surface area contributed by atoms with Gasteiger partial charge in [0.05, 0.1) is 0 Å². The molecule has 0 radical (unpaired) electrons. The summed E-state index contributed by atoms with van der Waals surface area (Å²) in [6.45, 7) is 17.4. The molecule has 15 aromatic rings. The van der Waals surface area contributed by atoms with Crippen molar-refractivity contribution in [3.8, 4) is 63.2 Å². The normalized spacial score (nSPS) is 10.6. The number of hydrogen-bond acceptors (Lipinski definition) is 15. The molecule has 0 saturated heterocycles. The molecule has 0 spiro atoms. The molecular weight excluding hydrogens is 1430 g/mol.